The van der Waals surface area contributed by atoms with Crippen LogP contribution in [0.4, 0.5) is 0 Å². The summed E-state index contributed by atoms with van der Waals surface area (Å²) in [6.45, 7) is 8.93. The van der Waals surface area contributed by atoms with Gasteiger partial charge in [-0.15, -0.1) is 6.42 Å². The van der Waals surface area contributed by atoms with E-state index in [9.17, 15) is 8.42 Å². The lowest BCUT2D eigenvalue weighted by atomic mass is 10.0. The van der Waals surface area contributed by atoms with E-state index in [1.165, 1.54) is 0 Å². The summed E-state index contributed by atoms with van der Waals surface area (Å²) in [7, 11) is -3.30. The van der Waals surface area contributed by atoms with Gasteiger partial charge in [0.05, 0.1) is 11.3 Å². The van der Waals surface area contributed by atoms with E-state index in [2.05, 4.69) is 10.6 Å². The van der Waals surface area contributed by atoms with Crippen molar-refractivity contribution in [3.05, 3.63) is 0 Å². The average Bonchev–Trinajstić information content (AvgIpc) is 1.78. The van der Waals surface area contributed by atoms with E-state index in [4.69, 9.17) is 6.42 Å². The molecule has 0 aromatic carbocycles. The Kier molecular flexibility index (Phi) is 3.77. The van der Waals surface area contributed by atoms with E-state index < -0.39 is 15.6 Å². The molecule has 14 heavy (non-hydrogen) atoms. The molecule has 0 aromatic heterocycles. The molecule has 0 aromatic rings. The second-order valence-electron chi connectivity index (χ2n) is 5.19. The first-order valence-corrected chi connectivity index (χ1v) is 6.12. The molecule has 0 aliphatic carbocycles. The number of sulfonamides is 1. The molecule has 0 spiro atoms. The number of terminal acetylenes is 1. The zero-order valence-electron chi connectivity index (χ0n) is 9.51. The van der Waals surface area contributed by atoms with Crippen molar-refractivity contribution in [1.82, 2.24) is 4.72 Å². The number of hydrogen-bond donors (Lipinski definition) is 1. The summed E-state index contributed by atoms with van der Waals surface area (Å²) in [6.07, 6.45) is 5.20. The summed E-state index contributed by atoms with van der Waals surface area (Å²) >= 11 is 0. The van der Waals surface area contributed by atoms with Crippen molar-refractivity contribution in [2.75, 3.05) is 5.75 Å². The Morgan fingerprint density at radius 1 is 1.21 bits per heavy atom. The van der Waals surface area contributed by atoms with Crippen LogP contribution in [-0.4, -0.2) is 19.7 Å². The number of rotatable bonds is 3. The lowest BCUT2D eigenvalue weighted by Crippen LogP contribution is -2.45. The predicted molar refractivity (Wildman–Crippen MR) is 59.3 cm³/mol. The molecule has 4 heteroatoms. The van der Waals surface area contributed by atoms with Crippen LogP contribution in [0.2, 0.25) is 0 Å². The van der Waals surface area contributed by atoms with Gasteiger partial charge in [-0.1, -0.05) is 26.7 Å². The lowest BCUT2D eigenvalue weighted by molar-refractivity contribution is 0.451. The highest BCUT2D eigenvalue weighted by molar-refractivity contribution is 7.89. The van der Waals surface area contributed by atoms with E-state index in [0.29, 0.717) is 0 Å². The second-order valence-corrected chi connectivity index (χ2v) is 6.91. The molecule has 0 atom stereocenters. The molecule has 3 nitrogen and oxygen atoms in total. The SMILES string of the molecule is C#CC(C)(C)NS(=O)(=O)CC(C)(C)C. The van der Waals surface area contributed by atoms with Crippen molar-refractivity contribution < 1.29 is 8.42 Å². The summed E-state index contributed by atoms with van der Waals surface area (Å²) in [6, 6.07) is 0. The third-order valence-corrected chi connectivity index (χ3v) is 3.46. The van der Waals surface area contributed by atoms with E-state index >= 15 is 0 Å². The average molecular weight is 217 g/mol. The number of nitrogens with one attached hydrogen (secondary N) is 1. The van der Waals surface area contributed by atoms with Crippen molar-refractivity contribution in [3.63, 3.8) is 0 Å². The molecular formula is C10H19NO2S. The molecule has 0 heterocycles. The maximum Gasteiger partial charge on any atom is 0.213 e. The first kappa shape index (κ1) is 13.5. The van der Waals surface area contributed by atoms with Gasteiger partial charge in [0, 0.05) is 0 Å². The van der Waals surface area contributed by atoms with Crippen LogP contribution in [-0.2, 0) is 10.0 Å². The zero-order chi connectivity index (χ0) is 11.6. The predicted octanol–water partition coefficient (Wildman–Crippen LogP) is 1.36. The summed E-state index contributed by atoms with van der Waals surface area (Å²) in [5, 5.41) is 0. The number of hydrogen-bond acceptors (Lipinski definition) is 2. The minimum atomic E-state index is -3.30. The Bertz CT molecular complexity index is 328. The molecule has 0 radical (unpaired) electrons. The van der Waals surface area contributed by atoms with Gasteiger partial charge in [0.25, 0.3) is 0 Å². The van der Waals surface area contributed by atoms with Gasteiger partial charge in [0.2, 0.25) is 10.0 Å². The highest BCUT2D eigenvalue weighted by atomic mass is 32.2. The normalized spacial score (nSPS) is 13.7. The molecule has 0 amide bonds. The monoisotopic (exact) mass is 217 g/mol. The van der Waals surface area contributed by atoms with Crippen LogP contribution in [0.15, 0.2) is 0 Å². The molecule has 0 aliphatic rings. The Morgan fingerprint density at radius 2 is 1.64 bits per heavy atom. The third kappa shape index (κ3) is 6.01. The summed E-state index contributed by atoms with van der Waals surface area (Å²) in [4.78, 5) is 0. The minimum absolute atomic E-state index is 0.0745. The van der Waals surface area contributed by atoms with Gasteiger partial charge in [-0.3, -0.25) is 0 Å². The smallest absolute Gasteiger partial charge is 0.212 e. The molecule has 0 aliphatic heterocycles. The first-order chi connectivity index (χ1) is 5.97. The molecule has 0 saturated carbocycles. The molecule has 0 fully saturated rings. The van der Waals surface area contributed by atoms with E-state index in [1.807, 2.05) is 20.8 Å². The topological polar surface area (TPSA) is 46.2 Å². The highest BCUT2D eigenvalue weighted by Crippen LogP contribution is 2.16. The quantitative estimate of drug-likeness (QED) is 0.726. The van der Waals surface area contributed by atoms with Gasteiger partial charge in [0.1, 0.15) is 0 Å². The fourth-order valence-electron chi connectivity index (χ4n) is 1.02. The Labute approximate surface area is 87.3 Å². The zero-order valence-corrected chi connectivity index (χ0v) is 10.3. The highest BCUT2D eigenvalue weighted by Gasteiger charge is 2.27. The largest absolute Gasteiger partial charge is 0.213 e. The molecule has 0 unspecified atom stereocenters. The third-order valence-electron chi connectivity index (χ3n) is 1.39. The van der Waals surface area contributed by atoms with Crippen LogP contribution in [0, 0.1) is 17.8 Å². The van der Waals surface area contributed by atoms with Crippen LogP contribution in [0.1, 0.15) is 34.6 Å². The van der Waals surface area contributed by atoms with Crippen molar-refractivity contribution in [1.29, 1.82) is 0 Å². The summed E-state index contributed by atoms with van der Waals surface area (Å²) in [5.74, 6) is 2.47. The van der Waals surface area contributed by atoms with Gasteiger partial charge in [0.15, 0.2) is 0 Å². The van der Waals surface area contributed by atoms with Crippen LogP contribution < -0.4 is 4.72 Å². The Morgan fingerprint density at radius 3 is 1.93 bits per heavy atom. The maximum atomic E-state index is 11.6. The van der Waals surface area contributed by atoms with Gasteiger partial charge >= 0.3 is 0 Å². The van der Waals surface area contributed by atoms with Crippen LogP contribution >= 0.6 is 0 Å². The summed E-state index contributed by atoms with van der Waals surface area (Å²) in [5.41, 5.74) is -1.08. The van der Waals surface area contributed by atoms with Crippen LogP contribution in [0.3, 0.4) is 0 Å². The fourth-order valence-corrected chi connectivity index (χ4v) is 3.07. The molecular weight excluding hydrogens is 198 g/mol. The minimum Gasteiger partial charge on any atom is -0.212 e. The van der Waals surface area contributed by atoms with Crippen LogP contribution in [0.25, 0.3) is 0 Å². The fraction of sp³-hybridized carbons (Fsp3) is 0.800. The molecule has 82 valence electrons. The first-order valence-electron chi connectivity index (χ1n) is 4.47. The van der Waals surface area contributed by atoms with E-state index in [1.54, 1.807) is 13.8 Å². The van der Waals surface area contributed by atoms with Gasteiger partial charge in [-0.05, 0) is 19.3 Å². The van der Waals surface area contributed by atoms with Gasteiger partial charge in [-0.25, -0.2) is 8.42 Å². The van der Waals surface area contributed by atoms with E-state index in [0.717, 1.165) is 0 Å². The van der Waals surface area contributed by atoms with Crippen molar-refractivity contribution in [2.45, 2.75) is 40.2 Å². The van der Waals surface area contributed by atoms with Crippen molar-refractivity contribution >= 4 is 10.0 Å². The van der Waals surface area contributed by atoms with Gasteiger partial charge < -0.3 is 0 Å². The van der Waals surface area contributed by atoms with E-state index in [-0.39, 0.29) is 11.2 Å². The maximum absolute atomic E-state index is 11.6. The lowest BCUT2D eigenvalue weighted by Gasteiger charge is -2.24. The summed E-state index contributed by atoms with van der Waals surface area (Å²) < 4.78 is 25.7. The Balaban J connectivity index is 4.63. The molecule has 0 bridgehead atoms. The van der Waals surface area contributed by atoms with Crippen molar-refractivity contribution in [3.8, 4) is 12.3 Å². The van der Waals surface area contributed by atoms with Gasteiger partial charge in [-0.2, -0.15) is 4.72 Å². The van der Waals surface area contributed by atoms with Crippen molar-refractivity contribution in [2.24, 2.45) is 5.41 Å². The standard InChI is InChI=1S/C10H19NO2S/c1-7-10(5,6)11-14(12,13)8-9(2,3)4/h1,11H,8H2,2-6H3. The Hall–Kier alpha value is -0.530. The van der Waals surface area contributed by atoms with Crippen LogP contribution in [0.5, 0.6) is 0 Å². The molecule has 0 rings (SSSR count). The molecule has 1 N–H and O–H groups in total. The molecule has 0 saturated heterocycles. The second kappa shape index (κ2) is 3.92.